The van der Waals surface area contributed by atoms with E-state index in [1.165, 1.54) is 11.3 Å². The van der Waals surface area contributed by atoms with Crippen molar-refractivity contribution in [2.75, 3.05) is 0 Å². The number of hydrogen-bond donors (Lipinski definition) is 0. The molecule has 3 heterocycles. The monoisotopic (exact) mass is 441 g/mol. The van der Waals surface area contributed by atoms with Crippen LogP contribution in [0.4, 0.5) is 0 Å². The summed E-state index contributed by atoms with van der Waals surface area (Å²) in [5.41, 5.74) is 5.06. The largest absolute Gasteiger partial charge is 0.278 e. The summed E-state index contributed by atoms with van der Waals surface area (Å²) in [6.45, 7) is 0. The molecule has 0 saturated heterocycles. The molecule has 0 bridgehead atoms. The summed E-state index contributed by atoms with van der Waals surface area (Å²) >= 11 is 7.82. The second kappa shape index (κ2) is 8.30. The molecule has 31 heavy (non-hydrogen) atoms. The number of thiazole rings is 1. The van der Waals surface area contributed by atoms with Gasteiger partial charge >= 0.3 is 0 Å². The first kappa shape index (κ1) is 19.4. The zero-order valence-electron chi connectivity index (χ0n) is 16.3. The molecule has 0 saturated carbocycles. The Bertz CT molecular complexity index is 1440. The van der Waals surface area contributed by atoms with Crippen molar-refractivity contribution >= 4 is 40.1 Å². The molecule has 150 valence electrons. The SMILES string of the molecule is O=c1c(Cl)c(/C=C/c2cccnc2)nc2scc(-c3ccc(-c4ccccc4)cc3)n12. The van der Waals surface area contributed by atoms with Crippen LogP contribution >= 0.6 is 22.9 Å². The predicted octanol–water partition coefficient (Wildman–Crippen LogP) is 6.31. The van der Waals surface area contributed by atoms with E-state index in [2.05, 4.69) is 34.2 Å². The Morgan fingerprint density at radius 2 is 1.61 bits per heavy atom. The molecule has 0 spiro atoms. The summed E-state index contributed by atoms with van der Waals surface area (Å²) in [6, 6.07) is 22.1. The fourth-order valence-electron chi connectivity index (χ4n) is 3.37. The Morgan fingerprint density at radius 1 is 0.871 bits per heavy atom. The normalized spacial score (nSPS) is 11.4. The first-order valence-electron chi connectivity index (χ1n) is 9.64. The lowest BCUT2D eigenvalue weighted by atomic mass is 10.0. The summed E-state index contributed by atoms with van der Waals surface area (Å²) < 4.78 is 1.58. The van der Waals surface area contributed by atoms with Crippen molar-refractivity contribution in [2.45, 2.75) is 0 Å². The van der Waals surface area contributed by atoms with Crippen molar-refractivity contribution in [2.24, 2.45) is 0 Å². The van der Waals surface area contributed by atoms with Crippen LogP contribution in [-0.2, 0) is 0 Å². The molecule has 2 aromatic carbocycles. The fraction of sp³-hybridized carbons (Fsp3) is 0. The molecule has 4 nitrogen and oxygen atoms in total. The Balaban J connectivity index is 1.53. The summed E-state index contributed by atoms with van der Waals surface area (Å²) in [5.74, 6) is 0. The van der Waals surface area contributed by atoms with E-state index in [1.807, 2.05) is 53.9 Å². The van der Waals surface area contributed by atoms with Gasteiger partial charge in [0.1, 0.15) is 5.02 Å². The van der Waals surface area contributed by atoms with Gasteiger partial charge in [-0.2, -0.15) is 0 Å². The summed E-state index contributed by atoms with van der Waals surface area (Å²) in [7, 11) is 0. The number of fused-ring (bicyclic) bond motifs is 1. The molecule has 0 atom stereocenters. The van der Waals surface area contributed by atoms with Gasteiger partial charge in [0.05, 0.1) is 11.4 Å². The van der Waals surface area contributed by atoms with Gasteiger partial charge in [-0.15, -0.1) is 11.3 Å². The number of aromatic nitrogens is 3. The van der Waals surface area contributed by atoms with Gasteiger partial charge in [-0.1, -0.05) is 78.3 Å². The molecule has 0 aliphatic carbocycles. The minimum Gasteiger partial charge on any atom is -0.267 e. The maximum absolute atomic E-state index is 13.1. The number of pyridine rings is 1. The molecule has 6 heteroatoms. The van der Waals surface area contributed by atoms with Gasteiger partial charge in [0, 0.05) is 17.8 Å². The third-order valence-electron chi connectivity index (χ3n) is 4.95. The molecule has 5 rings (SSSR count). The Morgan fingerprint density at radius 3 is 2.35 bits per heavy atom. The molecule has 0 N–H and O–H groups in total. The van der Waals surface area contributed by atoms with Crippen LogP contribution in [0, 0.1) is 0 Å². The third-order valence-corrected chi connectivity index (χ3v) is 6.13. The average molecular weight is 442 g/mol. The van der Waals surface area contributed by atoms with Crippen molar-refractivity contribution in [3.05, 3.63) is 111 Å². The lowest BCUT2D eigenvalue weighted by Gasteiger charge is -2.06. The van der Waals surface area contributed by atoms with Crippen LogP contribution in [0.2, 0.25) is 5.02 Å². The number of nitrogens with zero attached hydrogens (tertiary/aromatic N) is 3. The van der Waals surface area contributed by atoms with Gasteiger partial charge in [-0.25, -0.2) is 9.38 Å². The first-order valence-corrected chi connectivity index (χ1v) is 10.9. The number of hydrogen-bond acceptors (Lipinski definition) is 4. The lowest BCUT2D eigenvalue weighted by Crippen LogP contribution is -2.16. The maximum atomic E-state index is 13.1. The Labute approximate surface area is 187 Å². The maximum Gasteiger partial charge on any atom is 0.278 e. The highest BCUT2D eigenvalue weighted by atomic mass is 35.5. The van der Waals surface area contributed by atoms with E-state index in [4.69, 9.17) is 11.6 Å². The van der Waals surface area contributed by atoms with Gasteiger partial charge in [-0.05, 0) is 34.4 Å². The zero-order chi connectivity index (χ0) is 21.2. The van der Waals surface area contributed by atoms with Crippen LogP contribution < -0.4 is 5.56 Å². The average Bonchev–Trinajstić information content (AvgIpc) is 3.26. The number of halogens is 1. The standard InChI is InChI=1S/C25H16ClN3OS/c26-23-21(13-8-17-5-4-14-27-15-17)28-25-29(24(23)30)22(16-31-25)20-11-9-19(10-12-20)18-6-2-1-3-7-18/h1-16H/b13-8+. The summed E-state index contributed by atoms with van der Waals surface area (Å²) in [4.78, 5) is 22.3. The van der Waals surface area contributed by atoms with Crippen molar-refractivity contribution in [3.8, 4) is 22.4 Å². The first-order chi connectivity index (χ1) is 15.2. The van der Waals surface area contributed by atoms with Crippen LogP contribution in [0.25, 0.3) is 39.5 Å². The molecule has 0 radical (unpaired) electrons. The van der Waals surface area contributed by atoms with Gasteiger partial charge in [-0.3, -0.25) is 9.78 Å². The van der Waals surface area contributed by atoms with Gasteiger partial charge < -0.3 is 0 Å². The number of benzene rings is 2. The Hall–Kier alpha value is -3.54. The fourth-order valence-corrected chi connectivity index (χ4v) is 4.46. The molecule has 0 aliphatic heterocycles. The van der Waals surface area contributed by atoms with Gasteiger partial charge in [0.15, 0.2) is 4.96 Å². The van der Waals surface area contributed by atoms with E-state index in [0.717, 1.165) is 27.9 Å². The quantitative estimate of drug-likeness (QED) is 0.328. The van der Waals surface area contributed by atoms with Crippen molar-refractivity contribution in [1.29, 1.82) is 0 Å². The molecule has 3 aromatic heterocycles. The van der Waals surface area contributed by atoms with E-state index in [1.54, 1.807) is 22.9 Å². The third kappa shape index (κ3) is 3.81. The van der Waals surface area contributed by atoms with E-state index in [9.17, 15) is 4.79 Å². The van der Waals surface area contributed by atoms with Crippen molar-refractivity contribution in [1.82, 2.24) is 14.4 Å². The molecule has 0 fully saturated rings. The van der Waals surface area contributed by atoms with Crippen molar-refractivity contribution < 1.29 is 0 Å². The smallest absolute Gasteiger partial charge is 0.267 e. The van der Waals surface area contributed by atoms with Crippen LogP contribution in [0.1, 0.15) is 11.3 Å². The van der Waals surface area contributed by atoms with E-state index < -0.39 is 0 Å². The molecular weight excluding hydrogens is 426 g/mol. The molecule has 5 aromatic rings. The Kier molecular flexibility index (Phi) is 5.20. The second-order valence-electron chi connectivity index (χ2n) is 6.92. The van der Waals surface area contributed by atoms with Crippen LogP contribution in [0.15, 0.2) is 89.3 Å². The van der Waals surface area contributed by atoms with E-state index >= 15 is 0 Å². The van der Waals surface area contributed by atoms with Gasteiger partial charge in [0.25, 0.3) is 5.56 Å². The van der Waals surface area contributed by atoms with Crippen LogP contribution in [0.3, 0.4) is 0 Å². The predicted molar refractivity (Wildman–Crippen MR) is 128 cm³/mol. The van der Waals surface area contributed by atoms with Crippen molar-refractivity contribution in [3.63, 3.8) is 0 Å². The molecule has 0 amide bonds. The summed E-state index contributed by atoms with van der Waals surface area (Å²) in [6.07, 6.45) is 7.03. The minimum atomic E-state index is -0.277. The zero-order valence-corrected chi connectivity index (χ0v) is 17.8. The lowest BCUT2D eigenvalue weighted by molar-refractivity contribution is 1.08. The highest BCUT2D eigenvalue weighted by molar-refractivity contribution is 7.15. The second-order valence-corrected chi connectivity index (χ2v) is 8.13. The highest BCUT2D eigenvalue weighted by Crippen LogP contribution is 2.28. The number of rotatable bonds is 4. The highest BCUT2D eigenvalue weighted by Gasteiger charge is 2.15. The van der Waals surface area contributed by atoms with Crippen LogP contribution in [0.5, 0.6) is 0 Å². The molecule has 0 aliphatic rings. The van der Waals surface area contributed by atoms with E-state index in [0.29, 0.717) is 10.7 Å². The minimum absolute atomic E-state index is 0.0956. The van der Waals surface area contributed by atoms with Crippen LogP contribution in [-0.4, -0.2) is 14.4 Å². The van der Waals surface area contributed by atoms with Gasteiger partial charge in [0.2, 0.25) is 0 Å². The molecular formula is C25H16ClN3OS. The topological polar surface area (TPSA) is 47.3 Å². The van der Waals surface area contributed by atoms with E-state index in [-0.39, 0.29) is 10.6 Å². The summed E-state index contributed by atoms with van der Waals surface area (Å²) in [5, 5.41) is 2.03. The molecule has 0 unspecified atom stereocenters.